The minimum Gasteiger partial charge on any atom is -0.477 e. The molecule has 1 heterocycles. The van der Waals surface area contributed by atoms with Gasteiger partial charge in [0, 0.05) is 6.08 Å². The lowest BCUT2D eigenvalue weighted by molar-refractivity contribution is -0.140. The van der Waals surface area contributed by atoms with Crippen LogP contribution in [0, 0.1) is 0 Å². The molecule has 21 heavy (non-hydrogen) atoms. The summed E-state index contributed by atoms with van der Waals surface area (Å²) in [4.78, 5) is 21.5. The van der Waals surface area contributed by atoms with Crippen molar-refractivity contribution in [1.29, 1.82) is 0 Å². The van der Waals surface area contributed by atoms with Crippen LogP contribution in [0.15, 0.2) is 28.2 Å². The zero-order valence-corrected chi connectivity index (χ0v) is 12.0. The van der Waals surface area contributed by atoms with Gasteiger partial charge in [0.15, 0.2) is 0 Å². The summed E-state index contributed by atoms with van der Waals surface area (Å²) in [6, 6.07) is 3.22. The number of carbonyl (C=O) groups is 2. The molecule has 1 aromatic heterocycles. The SMILES string of the molecule is CCCCCCC=Cc1ccc(C=C(C(=O)O)C(=O)O)o1. The maximum absolute atomic E-state index is 10.7. The van der Waals surface area contributed by atoms with Gasteiger partial charge in [0.2, 0.25) is 0 Å². The average molecular weight is 292 g/mol. The van der Waals surface area contributed by atoms with Crippen molar-refractivity contribution in [2.75, 3.05) is 0 Å². The highest BCUT2D eigenvalue weighted by Crippen LogP contribution is 2.14. The molecule has 0 amide bonds. The minimum absolute atomic E-state index is 0.209. The number of hydrogen-bond acceptors (Lipinski definition) is 3. The molecule has 1 rings (SSSR count). The monoisotopic (exact) mass is 292 g/mol. The lowest BCUT2D eigenvalue weighted by atomic mass is 10.1. The summed E-state index contributed by atoms with van der Waals surface area (Å²) in [5.41, 5.74) is -0.723. The molecule has 0 aliphatic rings. The van der Waals surface area contributed by atoms with E-state index in [1.165, 1.54) is 19.3 Å². The summed E-state index contributed by atoms with van der Waals surface area (Å²) in [6.07, 6.45) is 10.5. The summed E-state index contributed by atoms with van der Waals surface area (Å²) < 4.78 is 5.35. The van der Waals surface area contributed by atoms with Crippen molar-refractivity contribution in [3.8, 4) is 0 Å². The highest BCUT2D eigenvalue weighted by molar-refractivity contribution is 6.16. The average Bonchev–Trinajstić information content (AvgIpc) is 2.87. The van der Waals surface area contributed by atoms with E-state index < -0.39 is 17.5 Å². The molecule has 0 radical (unpaired) electrons. The van der Waals surface area contributed by atoms with Crippen molar-refractivity contribution in [1.82, 2.24) is 0 Å². The van der Waals surface area contributed by atoms with E-state index in [0.717, 1.165) is 18.9 Å². The Bertz CT molecular complexity index is 521. The van der Waals surface area contributed by atoms with Crippen molar-refractivity contribution in [3.63, 3.8) is 0 Å². The molecule has 0 saturated heterocycles. The Morgan fingerprint density at radius 3 is 2.38 bits per heavy atom. The first-order chi connectivity index (χ1) is 10.0. The molecule has 114 valence electrons. The Morgan fingerprint density at radius 2 is 1.76 bits per heavy atom. The number of furan rings is 1. The Morgan fingerprint density at radius 1 is 1.10 bits per heavy atom. The Balaban J connectivity index is 2.60. The highest BCUT2D eigenvalue weighted by Gasteiger charge is 2.16. The number of aliphatic carboxylic acids is 2. The smallest absolute Gasteiger partial charge is 0.343 e. The van der Waals surface area contributed by atoms with Crippen LogP contribution in [0.5, 0.6) is 0 Å². The Hall–Kier alpha value is -2.30. The van der Waals surface area contributed by atoms with E-state index in [1.54, 1.807) is 12.1 Å². The van der Waals surface area contributed by atoms with Crippen molar-refractivity contribution < 1.29 is 24.2 Å². The van der Waals surface area contributed by atoms with Gasteiger partial charge >= 0.3 is 11.9 Å². The van der Waals surface area contributed by atoms with E-state index in [2.05, 4.69) is 6.92 Å². The lowest BCUT2D eigenvalue weighted by Crippen LogP contribution is -2.10. The highest BCUT2D eigenvalue weighted by atomic mass is 16.4. The number of rotatable bonds is 9. The summed E-state index contributed by atoms with van der Waals surface area (Å²) in [5.74, 6) is -2.20. The summed E-state index contributed by atoms with van der Waals surface area (Å²) in [6.45, 7) is 2.16. The lowest BCUT2D eigenvalue weighted by Gasteiger charge is -1.94. The van der Waals surface area contributed by atoms with Crippen LogP contribution in [0.1, 0.15) is 50.5 Å². The molecule has 0 bridgehead atoms. The Kier molecular flexibility index (Phi) is 7.01. The molecule has 0 aliphatic carbocycles. The van der Waals surface area contributed by atoms with Gasteiger partial charge < -0.3 is 14.6 Å². The number of allylic oxidation sites excluding steroid dienone is 1. The molecule has 0 aliphatic heterocycles. The van der Waals surface area contributed by atoms with E-state index in [-0.39, 0.29) is 5.76 Å². The molecule has 0 spiro atoms. The van der Waals surface area contributed by atoms with Crippen LogP contribution in [0.25, 0.3) is 12.2 Å². The fourth-order valence-electron chi connectivity index (χ4n) is 1.78. The van der Waals surface area contributed by atoms with Gasteiger partial charge in [0.05, 0.1) is 0 Å². The normalized spacial score (nSPS) is 10.7. The first-order valence-corrected chi connectivity index (χ1v) is 6.99. The predicted molar refractivity (Wildman–Crippen MR) is 79.7 cm³/mol. The van der Waals surface area contributed by atoms with Crippen LogP contribution >= 0.6 is 0 Å². The molecule has 0 fully saturated rings. The molecule has 5 heteroatoms. The summed E-state index contributed by atoms with van der Waals surface area (Å²) >= 11 is 0. The molecule has 0 unspecified atom stereocenters. The fraction of sp³-hybridized carbons (Fsp3) is 0.375. The molecule has 0 aromatic carbocycles. The van der Waals surface area contributed by atoms with E-state index in [1.807, 2.05) is 12.2 Å². The second-order valence-corrected chi connectivity index (χ2v) is 4.66. The van der Waals surface area contributed by atoms with Crippen molar-refractivity contribution >= 4 is 24.1 Å². The zero-order chi connectivity index (χ0) is 15.7. The van der Waals surface area contributed by atoms with Crippen molar-refractivity contribution in [3.05, 3.63) is 35.3 Å². The maximum atomic E-state index is 10.7. The standard InChI is InChI=1S/C16H20O5/c1-2-3-4-5-6-7-8-12-9-10-13(21-12)11-14(15(17)18)16(19)20/h7-11H,2-6H2,1H3,(H,17,18)(H,19,20). The number of unbranched alkanes of at least 4 members (excludes halogenated alkanes) is 4. The summed E-state index contributed by atoms with van der Waals surface area (Å²) in [5, 5.41) is 17.5. The van der Waals surface area contributed by atoms with E-state index in [9.17, 15) is 9.59 Å². The number of carboxylic acids is 2. The van der Waals surface area contributed by atoms with Crippen LogP contribution in [-0.4, -0.2) is 22.2 Å². The van der Waals surface area contributed by atoms with Crippen LogP contribution < -0.4 is 0 Å². The van der Waals surface area contributed by atoms with Crippen LogP contribution in [0.3, 0.4) is 0 Å². The number of hydrogen-bond donors (Lipinski definition) is 2. The second kappa shape index (κ2) is 8.79. The van der Waals surface area contributed by atoms with Gasteiger partial charge in [0.25, 0.3) is 0 Å². The van der Waals surface area contributed by atoms with Gasteiger partial charge in [-0.25, -0.2) is 9.59 Å². The predicted octanol–water partition coefficient (Wildman–Crippen LogP) is 3.82. The second-order valence-electron chi connectivity index (χ2n) is 4.66. The van der Waals surface area contributed by atoms with E-state index in [4.69, 9.17) is 14.6 Å². The molecule has 5 nitrogen and oxygen atoms in total. The first-order valence-electron chi connectivity index (χ1n) is 6.99. The van der Waals surface area contributed by atoms with E-state index in [0.29, 0.717) is 5.76 Å². The molecule has 2 N–H and O–H groups in total. The van der Waals surface area contributed by atoms with Crippen LogP contribution in [0.4, 0.5) is 0 Å². The van der Waals surface area contributed by atoms with Crippen molar-refractivity contribution in [2.45, 2.75) is 39.0 Å². The van der Waals surface area contributed by atoms with Gasteiger partial charge in [-0.15, -0.1) is 0 Å². The van der Waals surface area contributed by atoms with E-state index >= 15 is 0 Å². The zero-order valence-electron chi connectivity index (χ0n) is 12.0. The first kappa shape index (κ1) is 16.8. The third-order valence-corrected chi connectivity index (χ3v) is 2.90. The topological polar surface area (TPSA) is 87.7 Å². The third-order valence-electron chi connectivity index (χ3n) is 2.90. The van der Waals surface area contributed by atoms with Crippen LogP contribution in [-0.2, 0) is 9.59 Å². The van der Waals surface area contributed by atoms with Gasteiger partial charge in [-0.3, -0.25) is 0 Å². The van der Waals surface area contributed by atoms with Crippen LogP contribution in [0.2, 0.25) is 0 Å². The molecule has 0 atom stereocenters. The Labute approximate surface area is 123 Å². The third kappa shape index (κ3) is 6.12. The van der Waals surface area contributed by atoms with Gasteiger partial charge in [0.1, 0.15) is 17.1 Å². The fourth-order valence-corrected chi connectivity index (χ4v) is 1.78. The van der Waals surface area contributed by atoms with Gasteiger partial charge in [-0.2, -0.15) is 0 Å². The molecular formula is C16H20O5. The molecule has 1 aromatic rings. The molecule has 0 saturated carbocycles. The maximum Gasteiger partial charge on any atom is 0.343 e. The number of carboxylic acid groups (broad SMARTS) is 2. The van der Waals surface area contributed by atoms with Gasteiger partial charge in [-0.1, -0.05) is 32.3 Å². The van der Waals surface area contributed by atoms with Crippen molar-refractivity contribution in [2.24, 2.45) is 0 Å². The quantitative estimate of drug-likeness (QED) is 0.313. The molecular weight excluding hydrogens is 272 g/mol. The largest absolute Gasteiger partial charge is 0.477 e. The summed E-state index contributed by atoms with van der Waals surface area (Å²) in [7, 11) is 0. The van der Waals surface area contributed by atoms with Gasteiger partial charge in [-0.05, 0) is 31.1 Å². The minimum atomic E-state index is -1.49.